The first kappa shape index (κ1) is 24.3. The van der Waals surface area contributed by atoms with Gasteiger partial charge in [0.1, 0.15) is 18.0 Å². The van der Waals surface area contributed by atoms with Crippen molar-refractivity contribution in [3.8, 4) is 5.75 Å². The number of methoxy groups -OCH3 is 1. The molecular formula is C23H31N2O7P. The Hall–Kier alpha value is -1.84. The van der Waals surface area contributed by atoms with Crippen LogP contribution < -0.4 is 4.74 Å². The van der Waals surface area contributed by atoms with Gasteiger partial charge in [-0.05, 0) is 61.1 Å². The molecule has 5 rings (SSSR count). The highest BCUT2D eigenvalue weighted by Gasteiger charge is 2.45. The Morgan fingerprint density at radius 1 is 1.39 bits per heavy atom. The Balaban J connectivity index is 1.72. The average Bonchev–Trinajstić information content (AvgIpc) is 2.85. The van der Waals surface area contributed by atoms with Crippen molar-refractivity contribution in [3.63, 3.8) is 0 Å². The van der Waals surface area contributed by atoms with Gasteiger partial charge < -0.3 is 19.8 Å². The molecule has 33 heavy (non-hydrogen) atoms. The maximum Gasteiger partial charge on any atom is 0.472 e. The van der Waals surface area contributed by atoms with E-state index in [0.29, 0.717) is 28.7 Å². The SMILES string of the molecule is C=C[C@H]1CN2CC[C@H]1C[C@H]2[C@H](OP(=O)(O)OCC(O)CO)c1ccnc2ccc(OC)cc12. The number of aliphatic hydroxyl groups is 2. The third-order valence-electron chi connectivity index (χ3n) is 6.68. The van der Waals surface area contributed by atoms with Crippen molar-refractivity contribution in [2.75, 3.05) is 33.4 Å². The summed E-state index contributed by atoms with van der Waals surface area (Å²) in [4.78, 5) is 17.2. The molecule has 3 aliphatic rings. The highest BCUT2D eigenvalue weighted by molar-refractivity contribution is 7.47. The minimum absolute atomic E-state index is 0.149. The quantitative estimate of drug-likeness (QED) is 0.349. The number of rotatable bonds is 10. The molecule has 0 aliphatic carbocycles. The van der Waals surface area contributed by atoms with Crippen LogP contribution in [0.25, 0.3) is 10.9 Å². The third-order valence-corrected chi connectivity index (χ3v) is 7.65. The first-order valence-electron chi connectivity index (χ1n) is 11.1. The molecule has 4 heterocycles. The van der Waals surface area contributed by atoms with Crippen LogP contribution in [-0.4, -0.2) is 70.5 Å². The summed E-state index contributed by atoms with van der Waals surface area (Å²) in [6.45, 7) is 4.55. The fraction of sp³-hybridized carbons (Fsp3) is 0.522. The summed E-state index contributed by atoms with van der Waals surface area (Å²) in [6, 6.07) is 7.14. The molecular weight excluding hydrogens is 447 g/mol. The van der Waals surface area contributed by atoms with Crippen molar-refractivity contribution in [1.82, 2.24) is 9.88 Å². The maximum absolute atomic E-state index is 12.9. The van der Waals surface area contributed by atoms with E-state index in [9.17, 15) is 14.6 Å². The van der Waals surface area contributed by atoms with Crippen molar-refractivity contribution >= 4 is 18.7 Å². The van der Waals surface area contributed by atoms with Gasteiger partial charge in [0.05, 0.1) is 25.8 Å². The van der Waals surface area contributed by atoms with Crippen LogP contribution in [-0.2, 0) is 13.6 Å². The number of nitrogens with zero attached hydrogens (tertiary/aromatic N) is 2. The van der Waals surface area contributed by atoms with Crippen LogP contribution in [0.3, 0.4) is 0 Å². The number of hydrogen-bond donors (Lipinski definition) is 3. The van der Waals surface area contributed by atoms with Gasteiger partial charge in [-0.1, -0.05) is 6.08 Å². The van der Waals surface area contributed by atoms with E-state index < -0.39 is 33.2 Å². The monoisotopic (exact) mass is 478 g/mol. The molecule has 2 aromatic rings. The molecule has 180 valence electrons. The van der Waals surface area contributed by atoms with E-state index in [1.165, 1.54) is 0 Å². The van der Waals surface area contributed by atoms with Gasteiger partial charge in [0.2, 0.25) is 0 Å². The normalized spacial score (nSPS) is 28.2. The van der Waals surface area contributed by atoms with Gasteiger partial charge in [0, 0.05) is 24.2 Å². The minimum Gasteiger partial charge on any atom is -0.497 e. The number of aromatic nitrogens is 1. The molecule has 7 atom stereocenters. The Kier molecular flexibility index (Phi) is 7.50. The summed E-state index contributed by atoms with van der Waals surface area (Å²) in [5.74, 6) is 1.44. The van der Waals surface area contributed by atoms with Crippen molar-refractivity contribution in [2.24, 2.45) is 11.8 Å². The molecule has 0 spiro atoms. The van der Waals surface area contributed by atoms with E-state index in [0.717, 1.165) is 31.3 Å². The second-order valence-corrected chi connectivity index (χ2v) is 10.1. The lowest BCUT2D eigenvalue weighted by Crippen LogP contribution is -2.55. The zero-order chi connectivity index (χ0) is 23.6. The second-order valence-electron chi connectivity index (χ2n) is 8.66. The predicted molar refractivity (Wildman–Crippen MR) is 123 cm³/mol. The lowest BCUT2D eigenvalue weighted by atomic mass is 9.73. The van der Waals surface area contributed by atoms with Gasteiger partial charge in [-0.25, -0.2) is 4.57 Å². The summed E-state index contributed by atoms with van der Waals surface area (Å²) >= 11 is 0. The van der Waals surface area contributed by atoms with Gasteiger partial charge >= 0.3 is 7.82 Å². The van der Waals surface area contributed by atoms with Crippen molar-refractivity contribution < 1.29 is 33.5 Å². The van der Waals surface area contributed by atoms with Crippen LogP contribution in [0.15, 0.2) is 43.1 Å². The topological polar surface area (TPSA) is 122 Å². The molecule has 10 heteroatoms. The van der Waals surface area contributed by atoms with Crippen molar-refractivity contribution in [3.05, 3.63) is 48.7 Å². The molecule has 0 radical (unpaired) electrons. The number of piperidine rings is 3. The fourth-order valence-corrected chi connectivity index (χ4v) is 5.92. The number of aliphatic hydroxyl groups excluding tert-OH is 2. The molecule has 3 unspecified atom stereocenters. The summed E-state index contributed by atoms with van der Waals surface area (Å²) in [6.07, 6.45) is 3.42. The molecule has 3 saturated heterocycles. The summed E-state index contributed by atoms with van der Waals surface area (Å²) in [7, 11) is -2.98. The smallest absolute Gasteiger partial charge is 0.472 e. The Bertz CT molecular complexity index is 1040. The molecule has 9 nitrogen and oxygen atoms in total. The van der Waals surface area contributed by atoms with E-state index in [4.69, 9.17) is 18.9 Å². The van der Waals surface area contributed by atoms with E-state index in [-0.39, 0.29) is 6.04 Å². The van der Waals surface area contributed by atoms with Crippen molar-refractivity contribution in [1.29, 1.82) is 0 Å². The number of hydrogen-bond acceptors (Lipinski definition) is 8. The van der Waals surface area contributed by atoms with E-state index in [2.05, 4.69) is 16.5 Å². The number of phosphoric acid groups is 1. The molecule has 1 aromatic heterocycles. The molecule has 3 fully saturated rings. The molecule has 0 saturated carbocycles. The summed E-state index contributed by atoms with van der Waals surface area (Å²) in [5.41, 5.74) is 1.43. The van der Waals surface area contributed by atoms with Crippen LogP contribution in [0.5, 0.6) is 5.75 Å². The molecule has 3 N–H and O–H groups in total. The van der Waals surface area contributed by atoms with E-state index in [1.54, 1.807) is 19.4 Å². The number of benzene rings is 1. The van der Waals surface area contributed by atoms with Crippen LogP contribution in [0.4, 0.5) is 0 Å². The van der Waals surface area contributed by atoms with Crippen LogP contribution >= 0.6 is 7.82 Å². The standard InChI is InChI=1S/C23H31N2O7P/c1-3-15-12-25-9-7-16(15)10-22(25)23(32-33(28,29)31-14-17(27)13-26)19-6-8-24-21-5-4-18(30-2)11-20(19)21/h3-6,8,11,15-17,22-23,26-27H,1,7,9-10,12-14H2,2H3,(H,28,29)/t15-,16-,17?,22-,23+/m0/s1. The van der Waals surface area contributed by atoms with Gasteiger partial charge in [0.25, 0.3) is 0 Å². The van der Waals surface area contributed by atoms with Gasteiger partial charge in [-0.3, -0.25) is 18.9 Å². The Morgan fingerprint density at radius 3 is 2.88 bits per heavy atom. The molecule has 2 bridgehead atoms. The molecule has 3 aliphatic heterocycles. The highest BCUT2D eigenvalue weighted by Crippen LogP contribution is 2.53. The zero-order valence-electron chi connectivity index (χ0n) is 18.6. The van der Waals surface area contributed by atoms with Gasteiger partial charge in [-0.15, -0.1) is 6.58 Å². The zero-order valence-corrected chi connectivity index (χ0v) is 19.5. The number of fused-ring (bicyclic) bond motifs is 4. The number of phosphoric ester groups is 1. The largest absolute Gasteiger partial charge is 0.497 e. The number of ether oxygens (including phenoxy) is 1. The van der Waals surface area contributed by atoms with Crippen molar-refractivity contribution in [2.45, 2.75) is 31.1 Å². The van der Waals surface area contributed by atoms with Gasteiger partial charge in [-0.2, -0.15) is 0 Å². The first-order valence-corrected chi connectivity index (χ1v) is 12.6. The fourth-order valence-electron chi connectivity index (χ4n) is 4.95. The summed E-state index contributed by atoms with van der Waals surface area (Å²) < 4.78 is 29.1. The lowest BCUT2D eigenvalue weighted by Gasteiger charge is -2.51. The van der Waals surface area contributed by atoms with Crippen LogP contribution in [0.2, 0.25) is 0 Å². The molecule has 1 aromatic carbocycles. The predicted octanol–water partition coefficient (Wildman–Crippen LogP) is 2.67. The van der Waals surface area contributed by atoms with Crippen LogP contribution in [0.1, 0.15) is 24.5 Å². The van der Waals surface area contributed by atoms with E-state index >= 15 is 0 Å². The first-order chi connectivity index (χ1) is 15.8. The Labute approximate surface area is 193 Å². The van der Waals surface area contributed by atoms with E-state index in [1.807, 2.05) is 24.3 Å². The number of pyridine rings is 1. The summed E-state index contributed by atoms with van der Waals surface area (Å²) in [5, 5.41) is 19.3. The van der Waals surface area contributed by atoms with Gasteiger partial charge in [0.15, 0.2) is 0 Å². The second kappa shape index (κ2) is 10.2. The average molecular weight is 478 g/mol. The highest BCUT2D eigenvalue weighted by atomic mass is 31.2. The Morgan fingerprint density at radius 2 is 2.21 bits per heavy atom. The maximum atomic E-state index is 12.9. The molecule has 0 amide bonds. The van der Waals surface area contributed by atoms with Crippen LogP contribution in [0, 0.1) is 11.8 Å². The lowest BCUT2D eigenvalue weighted by molar-refractivity contribution is -0.0485. The third kappa shape index (κ3) is 5.30. The minimum atomic E-state index is -4.56.